The second-order valence-electron chi connectivity index (χ2n) is 4.02. The minimum atomic E-state index is 0.516. The van der Waals surface area contributed by atoms with Crippen molar-refractivity contribution in [1.82, 2.24) is 4.98 Å². The summed E-state index contributed by atoms with van der Waals surface area (Å²) in [4.78, 5) is 14.8. The molecule has 2 aromatic rings. The Kier molecular flexibility index (Phi) is 3.77. The van der Waals surface area contributed by atoms with Crippen LogP contribution in [0.2, 0.25) is 0 Å². The fraction of sp³-hybridized carbons (Fsp3) is 0.143. The van der Waals surface area contributed by atoms with E-state index in [9.17, 15) is 4.79 Å². The summed E-state index contributed by atoms with van der Waals surface area (Å²) >= 11 is 3.44. The van der Waals surface area contributed by atoms with Gasteiger partial charge < -0.3 is 4.74 Å². The first-order chi connectivity index (χ1) is 8.60. The molecule has 18 heavy (non-hydrogen) atoms. The summed E-state index contributed by atoms with van der Waals surface area (Å²) in [5.41, 5.74) is 2.47. The molecule has 3 nitrogen and oxygen atoms in total. The van der Waals surface area contributed by atoms with Gasteiger partial charge in [0, 0.05) is 21.8 Å². The maximum Gasteiger partial charge on any atom is 0.222 e. The monoisotopic (exact) mass is 305 g/mol. The lowest BCUT2D eigenvalue weighted by atomic mass is 10.2. The van der Waals surface area contributed by atoms with E-state index in [2.05, 4.69) is 20.9 Å². The van der Waals surface area contributed by atoms with E-state index in [0.717, 1.165) is 27.6 Å². The normalized spacial score (nSPS) is 10.2. The van der Waals surface area contributed by atoms with Gasteiger partial charge in [-0.2, -0.15) is 0 Å². The first-order valence-corrected chi connectivity index (χ1v) is 6.25. The second kappa shape index (κ2) is 5.31. The van der Waals surface area contributed by atoms with Gasteiger partial charge >= 0.3 is 0 Å². The quantitative estimate of drug-likeness (QED) is 0.803. The molecular formula is C14H12BrNO2. The van der Waals surface area contributed by atoms with Crippen LogP contribution < -0.4 is 4.74 Å². The lowest BCUT2D eigenvalue weighted by molar-refractivity contribution is 0.112. The minimum absolute atomic E-state index is 0.516. The summed E-state index contributed by atoms with van der Waals surface area (Å²) in [6.07, 6.45) is 2.27. The molecule has 0 fully saturated rings. The van der Waals surface area contributed by atoms with Crippen LogP contribution in [-0.4, -0.2) is 11.3 Å². The summed E-state index contributed by atoms with van der Waals surface area (Å²) in [6.45, 7) is 3.85. The average molecular weight is 306 g/mol. The van der Waals surface area contributed by atoms with Crippen LogP contribution in [0.1, 0.15) is 21.5 Å². The van der Waals surface area contributed by atoms with Crippen molar-refractivity contribution >= 4 is 22.2 Å². The maximum atomic E-state index is 10.6. The van der Waals surface area contributed by atoms with Crippen LogP contribution in [-0.2, 0) is 0 Å². The molecule has 1 heterocycles. The van der Waals surface area contributed by atoms with Crippen LogP contribution in [0.15, 0.2) is 34.9 Å². The highest BCUT2D eigenvalue weighted by atomic mass is 79.9. The van der Waals surface area contributed by atoms with Crippen LogP contribution in [0.25, 0.3) is 0 Å². The predicted molar refractivity (Wildman–Crippen MR) is 73.3 cm³/mol. The number of benzene rings is 1. The molecule has 92 valence electrons. The minimum Gasteiger partial charge on any atom is -0.439 e. The van der Waals surface area contributed by atoms with Gasteiger partial charge in [-0.25, -0.2) is 4.98 Å². The SMILES string of the molecule is Cc1cc(Oc2ncc(C=O)cc2C)ccc1Br. The van der Waals surface area contributed by atoms with Crippen LogP contribution >= 0.6 is 15.9 Å². The number of hydrogen-bond acceptors (Lipinski definition) is 3. The van der Waals surface area contributed by atoms with Crippen molar-refractivity contribution in [3.63, 3.8) is 0 Å². The third-order valence-corrected chi connectivity index (χ3v) is 3.42. The molecule has 1 aromatic carbocycles. The zero-order valence-electron chi connectivity index (χ0n) is 10.1. The van der Waals surface area contributed by atoms with E-state index in [1.54, 1.807) is 6.07 Å². The van der Waals surface area contributed by atoms with E-state index in [1.807, 2.05) is 32.0 Å². The lowest BCUT2D eigenvalue weighted by Gasteiger charge is -2.09. The van der Waals surface area contributed by atoms with Crippen LogP contribution in [0.5, 0.6) is 11.6 Å². The highest BCUT2D eigenvalue weighted by molar-refractivity contribution is 9.10. The lowest BCUT2D eigenvalue weighted by Crippen LogP contribution is -1.93. The maximum absolute atomic E-state index is 10.6. The number of ether oxygens (including phenoxy) is 1. The van der Waals surface area contributed by atoms with Crippen LogP contribution in [0.4, 0.5) is 0 Å². The summed E-state index contributed by atoms with van der Waals surface area (Å²) in [7, 11) is 0. The van der Waals surface area contributed by atoms with Crippen molar-refractivity contribution in [1.29, 1.82) is 0 Å². The van der Waals surface area contributed by atoms with Crippen molar-refractivity contribution in [2.45, 2.75) is 13.8 Å². The molecule has 0 aliphatic heterocycles. The Labute approximate surface area is 114 Å². The van der Waals surface area contributed by atoms with Crippen molar-refractivity contribution in [2.24, 2.45) is 0 Å². The molecule has 0 aliphatic carbocycles. The highest BCUT2D eigenvalue weighted by Crippen LogP contribution is 2.26. The molecule has 0 saturated heterocycles. The Morgan fingerprint density at radius 2 is 2.00 bits per heavy atom. The van der Waals surface area contributed by atoms with Crippen molar-refractivity contribution in [3.05, 3.63) is 51.6 Å². The molecule has 0 N–H and O–H groups in total. The van der Waals surface area contributed by atoms with Gasteiger partial charge in [0.2, 0.25) is 5.88 Å². The molecule has 1 aromatic heterocycles. The Bertz CT molecular complexity index is 596. The van der Waals surface area contributed by atoms with Gasteiger partial charge in [-0.05, 0) is 43.7 Å². The van der Waals surface area contributed by atoms with Gasteiger partial charge in [0.25, 0.3) is 0 Å². The van der Waals surface area contributed by atoms with Gasteiger partial charge in [0.15, 0.2) is 6.29 Å². The fourth-order valence-electron chi connectivity index (χ4n) is 1.55. The number of pyridine rings is 1. The second-order valence-corrected chi connectivity index (χ2v) is 4.88. The number of aldehydes is 1. The predicted octanol–water partition coefficient (Wildman–Crippen LogP) is 4.07. The summed E-state index contributed by atoms with van der Waals surface area (Å²) in [6, 6.07) is 7.48. The Morgan fingerprint density at radius 1 is 1.22 bits per heavy atom. The molecule has 0 amide bonds. The third-order valence-electron chi connectivity index (χ3n) is 2.53. The molecule has 0 bridgehead atoms. The molecule has 0 aliphatic rings. The molecule has 0 spiro atoms. The molecule has 2 rings (SSSR count). The smallest absolute Gasteiger partial charge is 0.222 e. The number of rotatable bonds is 3. The Hall–Kier alpha value is -1.68. The van der Waals surface area contributed by atoms with E-state index in [-0.39, 0.29) is 0 Å². The van der Waals surface area contributed by atoms with Gasteiger partial charge in [-0.1, -0.05) is 15.9 Å². The molecule has 0 unspecified atom stereocenters. The first-order valence-electron chi connectivity index (χ1n) is 5.46. The van der Waals surface area contributed by atoms with E-state index < -0.39 is 0 Å². The fourth-order valence-corrected chi connectivity index (χ4v) is 1.79. The van der Waals surface area contributed by atoms with Gasteiger partial charge in [0.1, 0.15) is 5.75 Å². The van der Waals surface area contributed by atoms with Crippen molar-refractivity contribution < 1.29 is 9.53 Å². The average Bonchev–Trinajstić information content (AvgIpc) is 2.36. The van der Waals surface area contributed by atoms with E-state index in [0.29, 0.717) is 11.4 Å². The summed E-state index contributed by atoms with van der Waals surface area (Å²) in [5.74, 6) is 1.24. The van der Waals surface area contributed by atoms with E-state index in [1.165, 1.54) is 6.20 Å². The van der Waals surface area contributed by atoms with Gasteiger partial charge in [-0.15, -0.1) is 0 Å². The highest BCUT2D eigenvalue weighted by Gasteiger charge is 2.05. The number of hydrogen-bond donors (Lipinski definition) is 0. The molecule has 0 radical (unpaired) electrons. The molecular weight excluding hydrogens is 294 g/mol. The number of aryl methyl sites for hydroxylation is 2. The van der Waals surface area contributed by atoms with Crippen LogP contribution in [0, 0.1) is 13.8 Å². The Morgan fingerprint density at radius 3 is 2.61 bits per heavy atom. The Balaban J connectivity index is 2.28. The van der Waals surface area contributed by atoms with Crippen molar-refractivity contribution in [2.75, 3.05) is 0 Å². The number of nitrogens with zero attached hydrogens (tertiary/aromatic N) is 1. The van der Waals surface area contributed by atoms with Gasteiger partial charge in [-0.3, -0.25) is 4.79 Å². The number of halogens is 1. The third kappa shape index (κ3) is 2.76. The van der Waals surface area contributed by atoms with E-state index >= 15 is 0 Å². The largest absolute Gasteiger partial charge is 0.439 e. The number of aromatic nitrogens is 1. The van der Waals surface area contributed by atoms with Crippen molar-refractivity contribution in [3.8, 4) is 11.6 Å². The topological polar surface area (TPSA) is 39.2 Å². The number of carbonyl (C=O) groups excluding carboxylic acids is 1. The van der Waals surface area contributed by atoms with Gasteiger partial charge in [0.05, 0.1) is 0 Å². The van der Waals surface area contributed by atoms with Crippen LogP contribution in [0.3, 0.4) is 0 Å². The number of carbonyl (C=O) groups is 1. The summed E-state index contributed by atoms with van der Waals surface area (Å²) < 4.78 is 6.73. The summed E-state index contributed by atoms with van der Waals surface area (Å²) in [5, 5.41) is 0. The molecule has 4 heteroatoms. The zero-order valence-corrected chi connectivity index (χ0v) is 11.7. The standard InChI is InChI=1S/C14H12BrNO2/c1-9-6-12(3-4-13(9)15)18-14-10(2)5-11(8-17)7-16-14/h3-8H,1-2H3. The molecule has 0 atom stereocenters. The zero-order chi connectivity index (χ0) is 13.1. The molecule has 0 saturated carbocycles. The van der Waals surface area contributed by atoms with E-state index in [4.69, 9.17) is 4.74 Å². The first kappa shape index (κ1) is 12.8.